The smallest absolute Gasteiger partial charge is 0.132 e. The lowest BCUT2D eigenvalue weighted by molar-refractivity contribution is 0.182. The summed E-state index contributed by atoms with van der Waals surface area (Å²) in [4.78, 5) is 0. The molecule has 0 amide bonds. The SMILES string of the molecule is COCc1cccc(Oc2ccccc2COC)c1. The zero-order valence-corrected chi connectivity index (χ0v) is 11.3. The summed E-state index contributed by atoms with van der Waals surface area (Å²) >= 11 is 0. The molecule has 0 aliphatic carbocycles. The molecule has 3 nitrogen and oxygen atoms in total. The van der Waals surface area contributed by atoms with Crippen molar-refractivity contribution in [1.29, 1.82) is 0 Å². The maximum atomic E-state index is 5.91. The van der Waals surface area contributed by atoms with Gasteiger partial charge in [0.1, 0.15) is 11.5 Å². The third-order valence-corrected chi connectivity index (χ3v) is 2.71. The summed E-state index contributed by atoms with van der Waals surface area (Å²) in [5.41, 5.74) is 2.12. The molecule has 0 saturated heterocycles. The van der Waals surface area contributed by atoms with Crippen molar-refractivity contribution in [3.63, 3.8) is 0 Å². The van der Waals surface area contributed by atoms with Crippen molar-refractivity contribution in [2.75, 3.05) is 14.2 Å². The Morgan fingerprint density at radius 2 is 1.63 bits per heavy atom. The standard InChI is InChI=1S/C16H18O3/c1-17-11-13-6-5-8-15(10-13)19-16-9-4-3-7-14(16)12-18-2/h3-10H,11-12H2,1-2H3. The molecule has 0 aromatic heterocycles. The third kappa shape index (κ3) is 3.81. The van der Waals surface area contributed by atoms with E-state index in [9.17, 15) is 0 Å². The van der Waals surface area contributed by atoms with Crippen LogP contribution in [0.25, 0.3) is 0 Å². The molecule has 0 saturated carbocycles. The summed E-state index contributed by atoms with van der Waals surface area (Å²) in [7, 11) is 3.36. The van der Waals surface area contributed by atoms with Gasteiger partial charge in [0.05, 0.1) is 13.2 Å². The molecule has 0 aliphatic rings. The first-order valence-electron chi connectivity index (χ1n) is 6.16. The van der Waals surface area contributed by atoms with E-state index in [0.29, 0.717) is 13.2 Å². The van der Waals surface area contributed by atoms with Crippen LogP contribution in [-0.4, -0.2) is 14.2 Å². The van der Waals surface area contributed by atoms with Crippen molar-refractivity contribution in [1.82, 2.24) is 0 Å². The van der Waals surface area contributed by atoms with Gasteiger partial charge in [-0.1, -0.05) is 30.3 Å². The summed E-state index contributed by atoms with van der Waals surface area (Å²) in [6.07, 6.45) is 0. The van der Waals surface area contributed by atoms with Gasteiger partial charge in [0.2, 0.25) is 0 Å². The van der Waals surface area contributed by atoms with Gasteiger partial charge in [-0.25, -0.2) is 0 Å². The molecule has 0 N–H and O–H groups in total. The number of para-hydroxylation sites is 1. The van der Waals surface area contributed by atoms with Gasteiger partial charge < -0.3 is 14.2 Å². The highest BCUT2D eigenvalue weighted by atomic mass is 16.5. The Morgan fingerprint density at radius 1 is 0.842 bits per heavy atom. The molecule has 0 bridgehead atoms. The predicted octanol–water partition coefficient (Wildman–Crippen LogP) is 3.77. The van der Waals surface area contributed by atoms with Crippen molar-refractivity contribution < 1.29 is 14.2 Å². The Balaban J connectivity index is 2.18. The Hall–Kier alpha value is -1.84. The van der Waals surface area contributed by atoms with Crippen molar-refractivity contribution in [2.45, 2.75) is 13.2 Å². The lowest BCUT2D eigenvalue weighted by atomic mass is 10.2. The lowest BCUT2D eigenvalue weighted by Crippen LogP contribution is -1.94. The maximum Gasteiger partial charge on any atom is 0.132 e. The molecule has 0 unspecified atom stereocenters. The molecule has 0 heterocycles. The summed E-state index contributed by atoms with van der Waals surface area (Å²) < 4.78 is 16.2. The average Bonchev–Trinajstić information content (AvgIpc) is 2.42. The van der Waals surface area contributed by atoms with Gasteiger partial charge in [0.15, 0.2) is 0 Å². The van der Waals surface area contributed by atoms with E-state index in [4.69, 9.17) is 14.2 Å². The van der Waals surface area contributed by atoms with E-state index in [1.165, 1.54) is 0 Å². The van der Waals surface area contributed by atoms with Crippen molar-refractivity contribution in [2.24, 2.45) is 0 Å². The third-order valence-electron chi connectivity index (χ3n) is 2.71. The zero-order chi connectivity index (χ0) is 13.5. The molecule has 2 aromatic carbocycles. The Bertz CT molecular complexity index is 523. The number of hydrogen-bond acceptors (Lipinski definition) is 3. The second-order valence-corrected chi connectivity index (χ2v) is 4.22. The first-order valence-corrected chi connectivity index (χ1v) is 6.16. The fraction of sp³-hybridized carbons (Fsp3) is 0.250. The van der Waals surface area contributed by atoms with Crippen LogP contribution in [0, 0.1) is 0 Å². The molecule has 2 rings (SSSR count). The second kappa shape index (κ2) is 6.92. The molecule has 2 aromatic rings. The minimum atomic E-state index is 0.536. The fourth-order valence-corrected chi connectivity index (χ4v) is 1.87. The van der Waals surface area contributed by atoms with Gasteiger partial charge in [-0.15, -0.1) is 0 Å². The highest BCUT2D eigenvalue weighted by Crippen LogP contribution is 2.26. The highest BCUT2D eigenvalue weighted by molar-refractivity contribution is 5.38. The lowest BCUT2D eigenvalue weighted by Gasteiger charge is -2.11. The molecule has 19 heavy (non-hydrogen) atoms. The zero-order valence-electron chi connectivity index (χ0n) is 11.3. The summed E-state index contributed by atoms with van der Waals surface area (Å²) in [6, 6.07) is 15.8. The van der Waals surface area contributed by atoms with Crippen LogP contribution in [0.15, 0.2) is 48.5 Å². The van der Waals surface area contributed by atoms with Crippen LogP contribution in [0.2, 0.25) is 0 Å². The Labute approximate surface area is 113 Å². The first-order chi connectivity index (χ1) is 9.33. The van der Waals surface area contributed by atoms with E-state index in [0.717, 1.165) is 22.6 Å². The summed E-state index contributed by atoms with van der Waals surface area (Å²) in [5, 5.41) is 0. The highest BCUT2D eigenvalue weighted by Gasteiger charge is 2.04. The maximum absolute atomic E-state index is 5.91. The number of benzene rings is 2. The average molecular weight is 258 g/mol. The minimum Gasteiger partial charge on any atom is -0.457 e. The molecule has 0 atom stereocenters. The quantitative estimate of drug-likeness (QED) is 0.789. The molecule has 0 radical (unpaired) electrons. The molecule has 100 valence electrons. The van der Waals surface area contributed by atoms with Crippen LogP contribution >= 0.6 is 0 Å². The van der Waals surface area contributed by atoms with Gasteiger partial charge >= 0.3 is 0 Å². The summed E-state index contributed by atoms with van der Waals surface area (Å²) in [6.45, 7) is 1.12. The van der Waals surface area contributed by atoms with Crippen LogP contribution in [0.5, 0.6) is 11.5 Å². The molecule has 3 heteroatoms. The molecule has 0 fully saturated rings. The van der Waals surface area contributed by atoms with Gasteiger partial charge in [-0.05, 0) is 23.8 Å². The fourth-order valence-electron chi connectivity index (χ4n) is 1.87. The first kappa shape index (κ1) is 13.6. The van der Waals surface area contributed by atoms with E-state index in [2.05, 4.69) is 0 Å². The van der Waals surface area contributed by atoms with E-state index in [1.54, 1.807) is 14.2 Å². The minimum absolute atomic E-state index is 0.536. The van der Waals surface area contributed by atoms with E-state index < -0.39 is 0 Å². The largest absolute Gasteiger partial charge is 0.457 e. The second-order valence-electron chi connectivity index (χ2n) is 4.22. The number of hydrogen-bond donors (Lipinski definition) is 0. The predicted molar refractivity (Wildman–Crippen MR) is 74.4 cm³/mol. The van der Waals surface area contributed by atoms with E-state index in [-0.39, 0.29) is 0 Å². The Kier molecular flexibility index (Phi) is 4.95. The van der Waals surface area contributed by atoms with E-state index in [1.807, 2.05) is 48.5 Å². The van der Waals surface area contributed by atoms with E-state index >= 15 is 0 Å². The molecule has 0 aliphatic heterocycles. The van der Waals surface area contributed by atoms with Crippen LogP contribution < -0.4 is 4.74 Å². The number of methoxy groups -OCH3 is 2. The van der Waals surface area contributed by atoms with Crippen LogP contribution in [0.1, 0.15) is 11.1 Å². The van der Waals surface area contributed by atoms with Gasteiger partial charge in [0, 0.05) is 19.8 Å². The van der Waals surface area contributed by atoms with Gasteiger partial charge in [-0.2, -0.15) is 0 Å². The molecule has 0 spiro atoms. The van der Waals surface area contributed by atoms with Crippen molar-refractivity contribution >= 4 is 0 Å². The summed E-state index contributed by atoms with van der Waals surface area (Å²) in [5.74, 6) is 1.62. The van der Waals surface area contributed by atoms with Crippen LogP contribution in [0.3, 0.4) is 0 Å². The van der Waals surface area contributed by atoms with Crippen molar-refractivity contribution in [3.8, 4) is 11.5 Å². The molecular weight excluding hydrogens is 240 g/mol. The Morgan fingerprint density at radius 3 is 2.42 bits per heavy atom. The van der Waals surface area contributed by atoms with Crippen LogP contribution in [0.4, 0.5) is 0 Å². The van der Waals surface area contributed by atoms with Crippen LogP contribution in [-0.2, 0) is 22.7 Å². The normalized spacial score (nSPS) is 10.4. The molecular formula is C16H18O3. The van der Waals surface area contributed by atoms with Crippen molar-refractivity contribution in [3.05, 3.63) is 59.7 Å². The topological polar surface area (TPSA) is 27.7 Å². The van der Waals surface area contributed by atoms with Gasteiger partial charge in [-0.3, -0.25) is 0 Å². The number of ether oxygens (including phenoxy) is 3. The number of rotatable bonds is 6. The van der Waals surface area contributed by atoms with Gasteiger partial charge in [0.25, 0.3) is 0 Å². The monoisotopic (exact) mass is 258 g/mol.